The molecule has 0 bridgehead atoms. The summed E-state index contributed by atoms with van der Waals surface area (Å²) in [5, 5.41) is 3.60. The van der Waals surface area contributed by atoms with E-state index >= 15 is 0 Å². The number of carbonyl (C=O) groups excluding carboxylic acids is 1. The number of nitrogens with zero attached hydrogens (tertiary/aromatic N) is 1. The minimum Gasteiger partial charge on any atom is -0.441 e. The van der Waals surface area contributed by atoms with Gasteiger partial charge in [-0.2, -0.15) is 0 Å². The van der Waals surface area contributed by atoms with Gasteiger partial charge in [0.1, 0.15) is 5.52 Å². The zero-order valence-electron chi connectivity index (χ0n) is 12.1. The van der Waals surface area contributed by atoms with Gasteiger partial charge < -0.3 is 9.73 Å². The molecule has 3 aromatic rings. The van der Waals surface area contributed by atoms with Crippen molar-refractivity contribution in [3.63, 3.8) is 0 Å². The lowest BCUT2D eigenvalue weighted by molar-refractivity contribution is 0.0954. The van der Waals surface area contributed by atoms with Crippen molar-refractivity contribution < 1.29 is 9.21 Å². The standard InChI is InChI=1S/C17H15ClN2O2/c1-11-20-15-10-13(5-6-16(15)22-11)17(21)19-8-7-12-3-2-4-14(18)9-12/h2-6,9-10H,7-8H2,1H3,(H,19,21). The van der Waals surface area contributed by atoms with Crippen LogP contribution in [0.1, 0.15) is 21.8 Å². The Labute approximate surface area is 133 Å². The van der Waals surface area contributed by atoms with Gasteiger partial charge in [-0.1, -0.05) is 23.7 Å². The first kappa shape index (κ1) is 14.6. The maximum Gasteiger partial charge on any atom is 0.251 e. The predicted octanol–water partition coefficient (Wildman–Crippen LogP) is 3.76. The lowest BCUT2D eigenvalue weighted by atomic mass is 10.1. The summed E-state index contributed by atoms with van der Waals surface area (Å²) < 4.78 is 5.40. The third-order valence-electron chi connectivity index (χ3n) is 3.34. The summed E-state index contributed by atoms with van der Waals surface area (Å²) in [5.74, 6) is 0.470. The third kappa shape index (κ3) is 3.28. The Morgan fingerprint density at radius 1 is 1.27 bits per heavy atom. The van der Waals surface area contributed by atoms with Crippen molar-refractivity contribution in [3.8, 4) is 0 Å². The molecule has 0 saturated heterocycles. The summed E-state index contributed by atoms with van der Waals surface area (Å²) in [6.45, 7) is 2.33. The number of hydrogen-bond donors (Lipinski definition) is 1. The number of fused-ring (bicyclic) bond motifs is 1. The molecule has 0 aliphatic rings. The highest BCUT2D eigenvalue weighted by Gasteiger charge is 2.09. The molecule has 0 aliphatic carbocycles. The fourth-order valence-corrected chi connectivity index (χ4v) is 2.51. The highest BCUT2D eigenvalue weighted by molar-refractivity contribution is 6.30. The summed E-state index contributed by atoms with van der Waals surface area (Å²) >= 11 is 5.94. The Balaban J connectivity index is 1.63. The van der Waals surface area contributed by atoms with Crippen LogP contribution in [-0.4, -0.2) is 17.4 Å². The van der Waals surface area contributed by atoms with E-state index in [1.807, 2.05) is 24.3 Å². The molecule has 3 rings (SSSR count). The topological polar surface area (TPSA) is 55.1 Å². The van der Waals surface area contributed by atoms with Gasteiger partial charge in [-0.3, -0.25) is 4.79 Å². The number of benzene rings is 2. The average molecular weight is 315 g/mol. The van der Waals surface area contributed by atoms with E-state index in [1.165, 1.54) is 0 Å². The van der Waals surface area contributed by atoms with Crippen molar-refractivity contribution in [2.45, 2.75) is 13.3 Å². The Kier molecular flexibility index (Phi) is 4.11. The molecule has 2 aromatic carbocycles. The Bertz CT molecular complexity index is 826. The number of rotatable bonds is 4. The third-order valence-corrected chi connectivity index (χ3v) is 3.58. The van der Waals surface area contributed by atoms with Crippen molar-refractivity contribution in [3.05, 3.63) is 64.5 Å². The summed E-state index contributed by atoms with van der Waals surface area (Å²) in [6.07, 6.45) is 0.734. The molecule has 0 aliphatic heterocycles. The molecule has 5 heteroatoms. The molecule has 0 spiro atoms. The summed E-state index contributed by atoms with van der Waals surface area (Å²) in [6, 6.07) is 12.9. The van der Waals surface area contributed by atoms with Gasteiger partial charge in [-0.15, -0.1) is 0 Å². The van der Waals surface area contributed by atoms with Crippen LogP contribution >= 0.6 is 11.6 Å². The highest BCUT2D eigenvalue weighted by atomic mass is 35.5. The first-order valence-corrected chi connectivity index (χ1v) is 7.39. The molecule has 1 N–H and O–H groups in total. The van der Waals surface area contributed by atoms with Crippen LogP contribution in [0.3, 0.4) is 0 Å². The van der Waals surface area contributed by atoms with Gasteiger partial charge in [0.15, 0.2) is 11.5 Å². The van der Waals surface area contributed by atoms with E-state index in [2.05, 4.69) is 10.3 Å². The Morgan fingerprint density at radius 2 is 2.14 bits per heavy atom. The zero-order valence-corrected chi connectivity index (χ0v) is 12.9. The molecule has 0 saturated carbocycles. The van der Waals surface area contributed by atoms with Gasteiger partial charge in [0.2, 0.25) is 0 Å². The minimum absolute atomic E-state index is 0.121. The first-order chi connectivity index (χ1) is 10.6. The van der Waals surface area contributed by atoms with Crippen molar-refractivity contribution in [1.82, 2.24) is 10.3 Å². The molecule has 1 amide bonds. The lowest BCUT2D eigenvalue weighted by Crippen LogP contribution is -2.25. The number of oxazole rings is 1. The average Bonchev–Trinajstić information content (AvgIpc) is 2.86. The van der Waals surface area contributed by atoms with E-state index in [1.54, 1.807) is 25.1 Å². The SMILES string of the molecule is Cc1nc2cc(C(=O)NCCc3cccc(Cl)c3)ccc2o1. The summed E-state index contributed by atoms with van der Waals surface area (Å²) in [4.78, 5) is 16.4. The van der Waals surface area contributed by atoms with Crippen molar-refractivity contribution in [2.24, 2.45) is 0 Å². The number of nitrogens with one attached hydrogen (secondary N) is 1. The van der Waals surface area contributed by atoms with Crippen LogP contribution in [0.2, 0.25) is 5.02 Å². The van der Waals surface area contributed by atoms with E-state index < -0.39 is 0 Å². The summed E-state index contributed by atoms with van der Waals surface area (Å²) in [7, 11) is 0. The van der Waals surface area contributed by atoms with Crippen molar-refractivity contribution >= 4 is 28.6 Å². The molecule has 0 fully saturated rings. The molecular formula is C17H15ClN2O2. The van der Waals surface area contributed by atoms with Crippen LogP contribution in [0.25, 0.3) is 11.1 Å². The van der Waals surface area contributed by atoms with Crippen LogP contribution in [-0.2, 0) is 6.42 Å². The number of amides is 1. The molecule has 0 radical (unpaired) electrons. The molecule has 1 heterocycles. The van der Waals surface area contributed by atoms with Gasteiger partial charge in [-0.25, -0.2) is 4.98 Å². The number of halogens is 1. The van der Waals surface area contributed by atoms with E-state index in [9.17, 15) is 4.79 Å². The summed E-state index contributed by atoms with van der Waals surface area (Å²) in [5.41, 5.74) is 3.05. The second-order valence-electron chi connectivity index (χ2n) is 5.05. The van der Waals surface area contributed by atoms with Crippen LogP contribution in [0.4, 0.5) is 0 Å². The number of aromatic nitrogens is 1. The van der Waals surface area contributed by atoms with E-state index in [-0.39, 0.29) is 5.91 Å². The van der Waals surface area contributed by atoms with E-state index in [0.29, 0.717) is 34.1 Å². The predicted molar refractivity (Wildman–Crippen MR) is 86.2 cm³/mol. The monoisotopic (exact) mass is 314 g/mol. The van der Waals surface area contributed by atoms with E-state index in [0.717, 1.165) is 12.0 Å². The largest absolute Gasteiger partial charge is 0.441 e. The maximum absolute atomic E-state index is 12.2. The zero-order chi connectivity index (χ0) is 15.5. The van der Waals surface area contributed by atoms with Gasteiger partial charge >= 0.3 is 0 Å². The van der Waals surface area contributed by atoms with Crippen LogP contribution < -0.4 is 5.32 Å². The van der Waals surface area contributed by atoms with Gasteiger partial charge in [-0.05, 0) is 42.3 Å². The molecule has 1 aromatic heterocycles. The Morgan fingerprint density at radius 3 is 2.95 bits per heavy atom. The molecule has 4 nitrogen and oxygen atoms in total. The van der Waals surface area contributed by atoms with Gasteiger partial charge in [0.05, 0.1) is 0 Å². The molecule has 112 valence electrons. The fraction of sp³-hybridized carbons (Fsp3) is 0.176. The van der Waals surface area contributed by atoms with Crippen LogP contribution in [0.5, 0.6) is 0 Å². The minimum atomic E-state index is -0.121. The normalized spacial score (nSPS) is 10.8. The highest BCUT2D eigenvalue weighted by Crippen LogP contribution is 2.16. The second kappa shape index (κ2) is 6.20. The van der Waals surface area contributed by atoms with Gasteiger partial charge in [0, 0.05) is 24.1 Å². The molecule has 22 heavy (non-hydrogen) atoms. The molecule has 0 unspecified atom stereocenters. The molecule has 0 atom stereocenters. The van der Waals surface area contributed by atoms with Crippen LogP contribution in [0, 0.1) is 6.92 Å². The first-order valence-electron chi connectivity index (χ1n) is 7.02. The van der Waals surface area contributed by atoms with Gasteiger partial charge in [0.25, 0.3) is 5.91 Å². The quantitative estimate of drug-likeness (QED) is 0.797. The van der Waals surface area contributed by atoms with Crippen LogP contribution in [0.15, 0.2) is 46.9 Å². The maximum atomic E-state index is 12.2. The lowest BCUT2D eigenvalue weighted by Gasteiger charge is -2.05. The smallest absolute Gasteiger partial charge is 0.251 e. The number of aryl methyl sites for hydroxylation is 1. The van der Waals surface area contributed by atoms with Crippen molar-refractivity contribution in [1.29, 1.82) is 0 Å². The molecular weight excluding hydrogens is 300 g/mol. The fourth-order valence-electron chi connectivity index (χ4n) is 2.30. The Hall–Kier alpha value is -2.33. The van der Waals surface area contributed by atoms with E-state index in [4.69, 9.17) is 16.0 Å². The second-order valence-corrected chi connectivity index (χ2v) is 5.49. The van der Waals surface area contributed by atoms with Crippen molar-refractivity contribution in [2.75, 3.05) is 6.54 Å². The number of hydrogen-bond acceptors (Lipinski definition) is 3. The number of carbonyl (C=O) groups is 1.